The van der Waals surface area contributed by atoms with E-state index in [9.17, 15) is 31.1 Å². The monoisotopic (exact) mass is 560 g/mol. The van der Waals surface area contributed by atoms with Crippen molar-refractivity contribution in [1.82, 2.24) is 4.90 Å². The molecule has 2 aromatic carbocycles. The Morgan fingerprint density at radius 2 is 1.87 bits per heavy atom. The van der Waals surface area contributed by atoms with E-state index in [0.29, 0.717) is 5.56 Å². The number of fused-ring (bicyclic) bond motifs is 6. The minimum atomic E-state index is -4.35. The van der Waals surface area contributed by atoms with Crippen molar-refractivity contribution >= 4 is 43.2 Å². The van der Waals surface area contributed by atoms with Crippen molar-refractivity contribution in [3.05, 3.63) is 65.2 Å². The standard InChI is InChI=1S/C25H25FN4O6S2/c1-37(33,34)28-17-8-9-18-19(11-17)38(35,36)29-24(27-18)21-23(31)20-14-4-5-15(10-14)22(20)30(25(21)32)12-13-2-6-16(26)7-3-13/h2-3,6-9,11,14-15,20,22,28,31H,4-5,10,12H2,1H3,(H,27,29)/t14-,15+,20-,22+/m1/s1. The van der Waals surface area contributed by atoms with Crippen molar-refractivity contribution in [2.75, 3.05) is 16.3 Å². The molecule has 6 rings (SSSR count). The van der Waals surface area contributed by atoms with Gasteiger partial charge in [0.1, 0.15) is 22.0 Å². The van der Waals surface area contributed by atoms with Gasteiger partial charge in [0, 0.05) is 24.2 Å². The Balaban J connectivity index is 1.41. The van der Waals surface area contributed by atoms with Gasteiger partial charge in [-0.15, -0.1) is 4.40 Å². The number of carbonyl (C=O) groups excluding carboxylic acids is 1. The molecule has 2 fully saturated rings. The van der Waals surface area contributed by atoms with Gasteiger partial charge in [-0.25, -0.2) is 12.8 Å². The predicted molar refractivity (Wildman–Crippen MR) is 138 cm³/mol. The number of carbonyl (C=O) groups is 1. The van der Waals surface area contributed by atoms with Crippen LogP contribution >= 0.6 is 0 Å². The molecule has 2 heterocycles. The lowest BCUT2D eigenvalue weighted by Gasteiger charge is -2.44. The fourth-order valence-corrected chi connectivity index (χ4v) is 8.08. The van der Waals surface area contributed by atoms with Crippen molar-refractivity contribution in [1.29, 1.82) is 0 Å². The van der Waals surface area contributed by atoms with Gasteiger partial charge < -0.3 is 15.3 Å². The van der Waals surface area contributed by atoms with Crippen LogP contribution in [0, 0.1) is 23.6 Å². The van der Waals surface area contributed by atoms with E-state index in [1.807, 2.05) is 0 Å². The maximum absolute atomic E-state index is 13.9. The molecular weight excluding hydrogens is 535 g/mol. The van der Waals surface area contributed by atoms with E-state index >= 15 is 0 Å². The van der Waals surface area contributed by atoms with Gasteiger partial charge in [0.25, 0.3) is 15.9 Å². The van der Waals surface area contributed by atoms with Gasteiger partial charge in [0.2, 0.25) is 10.0 Å². The minimum absolute atomic E-state index is 0.0429. The summed E-state index contributed by atoms with van der Waals surface area (Å²) in [4.78, 5) is 15.3. The van der Waals surface area contributed by atoms with Crippen molar-refractivity contribution < 1.29 is 31.1 Å². The molecule has 38 heavy (non-hydrogen) atoms. The summed E-state index contributed by atoms with van der Waals surface area (Å²) in [5.74, 6) is -1.38. The highest BCUT2D eigenvalue weighted by molar-refractivity contribution is 7.92. The van der Waals surface area contributed by atoms with E-state index < -0.39 is 31.8 Å². The molecule has 13 heteroatoms. The number of aliphatic hydroxyl groups is 1. The van der Waals surface area contributed by atoms with Crippen molar-refractivity contribution in [2.24, 2.45) is 22.2 Å². The lowest BCUT2D eigenvalue weighted by Crippen LogP contribution is -2.53. The molecule has 0 spiro atoms. The first-order valence-electron chi connectivity index (χ1n) is 12.1. The summed E-state index contributed by atoms with van der Waals surface area (Å²) in [7, 11) is -7.99. The second kappa shape index (κ2) is 8.53. The van der Waals surface area contributed by atoms with Crippen LogP contribution in [0.15, 0.2) is 63.1 Å². The summed E-state index contributed by atoms with van der Waals surface area (Å²) < 4.78 is 69.0. The quantitative estimate of drug-likeness (QED) is 0.510. The highest BCUT2D eigenvalue weighted by atomic mass is 32.2. The molecule has 2 aliphatic heterocycles. The third-order valence-corrected chi connectivity index (χ3v) is 9.73. The fourth-order valence-electron chi connectivity index (χ4n) is 6.38. The van der Waals surface area contributed by atoms with Crippen LogP contribution in [0.4, 0.5) is 15.8 Å². The van der Waals surface area contributed by atoms with Crippen molar-refractivity contribution in [3.8, 4) is 0 Å². The van der Waals surface area contributed by atoms with E-state index in [1.54, 1.807) is 17.0 Å². The third kappa shape index (κ3) is 4.13. The Morgan fingerprint density at radius 1 is 1.16 bits per heavy atom. The summed E-state index contributed by atoms with van der Waals surface area (Å²) in [6.45, 7) is 0.178. The molecule has 2 bridgehead atoms. The highest BCUT2D eigenvalue weighted by Gasteiger charge is 2.57. The first-order valence-corrected chi connectivity index (χ1v) is 15.5. The predicted octanol–water partition coefficient (Wildman–Crippen LogP) is 2.98. The highest BCUT2D eigenvalue weighted by Crippen LogP contribution is 2.55. The maximum atomic E-state index is 13.9. The largest absolute Gasteiger partial charge is 0.511 e. The lowest BCUT2D eigenvalue weighted by atomic mass is 9.77. The second-order valence-corrected chi connectivity index (χ2v) is 13.6. The topological polar surface area (TPSA) is 145 Å². The number of nitrogens with zero attached hydrogens (tertiary/aromatic N) is 2. The molecule has 10 nitrogen and oxygen atoms in total. The van der Waals surface area contributed by atoms with Crippen molar-refractivity contribution in [3.63, 3.8) is 0 Å². The zero-order chi connectivity index (χ0) is 27.0. The number of anilines is 2. The van der Waals surface area contributed by atoms with Crippen LogP contribution in [0.3, 0.4) is 0 Å². The van der Waals surface area contributed by atoms with Crippen LogP contribution in [-0.4, -0.2) is 50.9 Å². The summed E-state index contributed by atoms with van der Waals surface area (Å²) in [5, 5.41) is 14.3. The Hall–Kier alpha value is -3.45. The Kier molecular flexibility index (Phi) is 5.58. The molecule has 4 aliphatic rings. The van der Waals surface area contributed by atoms with Crippen molar-refractivity contribution in [2.45, 2.75) is 36.7 Å². The number of hydrogen-bond donors (Lipinski definition) is 3. The number of nitrogens with one attached hydrogen (secondary N) is 2. The first kappa shape index (κ1) is 24.9. The smallest absolute Gasteiger partial charge is 0.286 e. The zero-order valence-electron chi connectivity index (χ0n) is 20.3. The summed E-state index contributed by atoms with van der Waals surface area (Å²) in [5.41, 5.74) is 0.654. The average Bonchev–Trinajstić information content (AvgIpc) is 3.45. The maximum Gasteiger partial charge on any atom is 0.286 e. The van der Waals surface area contributed by atoms with Crippen LogP contribution < -0.4 is 10.0 Å². The number of halogens is 1. The molecular formula is C25H25FN4O6S2. The van der Waals surface area contributed by atoms with Gasteiger partial charge in [0.15, 0.2) is 5.84 Å². The number of aliphatic hydroxyl groups excluding tert-OH is 1. The van der Waals surface area contributed by atoms with Gasteiger partial charge in [-0.05, 0) is 67.0 Å². The molecule has 2 aromatic rings. The lowest BCUT2D eigenvalue weighted by molar-refractivity contribution is -0.134. The van der Waals surface area contributed by atoms with Crippen LogP contribution in [0.5, 0.6) is 0 Å². The second-order valence-electron chi connectivity index (χ2n) is 10.3. The average molecular weight is 561 g/mol. The molecule has 0 aromatic heterocycles. The van der Waals surface area contributed by atoms with Crippen LogP contribution in [0.25, 0.3) is 0 Å². The van der Waals surface area contributed by atoms with E-state index in [1.165, 1.54) is 24.3 Å². The number of rotatable bonds is 5. The molecule has 3 N–H and O–H groups in total. The van der Waals surface area contributed by atoms with Gasteiger partial charge >= 0.3 is 0 Å². The molecule has 2 aliphatic carbocycles. The summed E-state index contributed by atoms with van der Waals surface area (Å²) in [6.07, 6.45) is 3.64. The normalized spacial score (nSPS) is 27.5. The molecule has 200 valence electrons. The molecule has 2 saturated carbocycles. The molecule has 0 saturated heterocycles. The van der Waals surface area contributed by atoms with Gasteiger partial charge in [-0.1, -0.05) is 12.1 Å². The number of amides is 1. The summed E-state index contributed by atoms with van der Waals surface area (Å²) in [6, 6.07) is 9.49. The molecule has 0 radical (unpaired) electrons. The van der Waals surface area contributed by atoms with E-state index in [-0.39, 0.29) is 63.8 Å². The van der Waals surface area contributed by atoms with Crippen LogP contribution in [0.1, 0.15) is 24.8 Å². The number of amidine groups is 1. The Morgan fingerprint density at radius 3 is 2.58 bits per heavy atom. The summed E-state index contributed by atoms with van der Waals surface area (Å²) >= 11 is 0. The van der Waals surface area contributed by atoms with Crippen LogP contribution in [0.2, 0.25) is 0 Å². The minimum Gasteiger partial charge on any atom is -0.511 e. The van der Waals surface area contributed by atoms with Gasteiger partial charge in [-0.3, -0.25) is 9.52 Å². The Labute approximate surface area is 219 Å². The number of sulfonamides is 2. The molecule has 4 atom stereocenters. The fraction of sp³-hybridized carbons (Fsp3) is 0.360. The molecule has 1 amide bonds. The number of hydrogen-bond acceptors (Lipinski definition) is 7. The first-order chi connectivity index (χ1) is 17.9. The van der Waals surface area contributed by atoms with E-state index in [4.69, 9.17) is 0 Å². The van der Waals surface area contributed by atoms with Gasteiger partial charge in [0.05, 0.1) is 11.9 Å². The van der Waals surface area contributed by atoms with Gasteiger partial charge in [-0.2, -0.15) is 8.42 Å². The molecule has 0 unspecified atom stereocenters. The number of benzene rings is 2. The van der Waals surface area contributed by atoms with E-state index in [0.717, 1.165) is 31.6 Å². The van der Waals surface area contributed by atoms with E-state index in [2.05, 4.69) is 14.4 Å². The SMILES string of the molecule is CS(=O)(=O)Nc1ccc2c(c1)S(=O)(=O)N=C(C1=C(O)[C@@H]3[C@@H]4CC[C@@H](C4)[C@@H]3N(Cc3ccc(F)cc3)C1=O)N2. The zero-order valence-corrected chi connectivity index (χ0v) is 21.9. The van der Waals surface area contributed by atoms with Crippen LogP contribution in [-0.2, 0) is 31.4 Å². The third-order valence-electron chi connectivity index (χ3n) is 7.81. The Bertz CT molecular complexity index is 1640.